The predicted molar refractivity (Wildman–Crippen MR) is 196 cm³/mol. The molecule has 0 amide bonds. The van der Waals surface area contributed by atoms with Crippen molar-refractivity contribution >= 4 is 5.78 Å². The summed E-state index contributed by atoms with van der Waals surface area (Å²) >= 11 is 0. The molecule has 0 spiro atoms. The first-order valence-corrected chi connectivity index (χ1v) is 19.7. The highest BCUT2D eigenvalue weighted by Gasteiger charge is 2.51. The standard InChI is InChI=1S/C41H78O4/c1-4-6-8-10-12-14-16-18-20-22-24-26-28-30-32-34-36-40(44,41(45,38-42)39(3)43)37-35-33-31-29-27-25-23-21-19-17-15-13-11-9-7-5-2/h18-21,42,44-45H,4-17,22-38H2,1-3H3/b20-18-,21-19-. The molecular formula is C41H78O4. The summed E-state index contributed by atoms with van der Waals surface area (Å²) in [4.78, 5) is 12.3. The molecule has 3 N–H and O–H groups in total. The van der Waals surface area contributed by atoms with Gasteiger partial charge < -0.3 is 15.3 Å². The van der Waals surface area contributed by atoms with Gasteiger partial charge in [-0.15, -0.1) is 0 Å². The Morgan fingerprint density at radius 1 is 0.467 bits per heavy atom. The highest BCUT2D eigenvalue weighted by molar-refractivity contribution is 5.86. The number of carbonyl (C=O) groups is 1. The molecule has 0 fully saturated rings. The first-order valence-electron chi connectivity index (χ1n) is 19.7. The summed E-state index contributed by atoms with van der Waals surface area (Å²) in [5, 5.41) is 32.4. The number of aliphatic hydroxyl groups excluding tert-OH is 1. The number of aliphatic hydroxyl groups is 3. The van der Waals surface area contributed by atoms with Gasteiger partial charge in [0.15, 0.2) is 11.4 Å². The Hall–Kier alpha value is -0.970. The van der Waals surface area contributed by atoms with Gasteiger partial charge in [0.1, 0.15) is 5.60 Å². The van der Waals surface area contributed by atoms with E-state index in [4.69, 9.17) is 0 Å². The maximum Gasteiger partial charge on any atom is 0.174 e. The molecule has 1 atom stereocenters. The van der Waals surface area contributed by atoms with Crippen LogP contribution in [-0.4, -0.2) is 38.9 Å². The molecule has 0 saturated carbocycles. The summed E-state index contributed by atoms with van der Waals surface area (Å²) < 4.78 is 0. The van der Waals surface area contributed by atoms with E-state index >= 15 is 0 Å². The van der Waals surface area contributed by atoms with Gasteiger partial charge >= 0.3 is 0 Å². The fourth-order valence-electron chi connectivity index (χ4n) is 6.45. The van der Waals surface area contributed by atoms with E-state index in [9.17, 15) is 20.1 Å². The molecule has 4 heteroatoms. The van der Waals surface area contributed by atoms with Crippen molar-refractivity contribution in [3.8, 4) is 0 Å². The van der Waals surface area contributed by atoms with Crippen LogP contribution in [0.3, 0.4) is 0 Å². The topological polar surface area (TPSA) is 77.8 Å². The van der Waals surface area contributed by atoms with Crippen molar-refractivity contribution in [3.05, 3.63) is 24.3 Å². The van der Waals surface area contributed by atoms with Crippen LogP contribution in [0.25, 0.3) is 0 Å². The van der Waals surface area contributed by atoms with E-state index in [1.54, 1.807) is 0 Å². The molecule has 0 radical (unpaired) electrons. The SMILES string of the molecule is CCCCCCCC/C=C\CCCCCCCCC(O)(CCCCCCCC/C=C\CCCCCCCC)C(O)(CO)C(C)=O. The fourth-order valence-corrected chi connectivity index (χ4v) is 6.45. The van der Waals surface area contributed by atoms with Crippen LogP contribution in [-0.2, 0) is 4.79 Å². The molecule has 0 aromatic carbocycles. The normalized spacial score (nSPS) is 13.7. The molecule has 0 saturated heterocycles. The van der Waals surface area contributed by atoms with Gasteiger partial charge in [0.05, 0.1) is 6.61 Å². The van der Waals surface area contributed by atoms with Crippen molar-refractivity contribution in [2.75, 3.05) is 6.61 Å². The molecule has 0 aromatic rings. The Kier molecular flexibility index (Phi) is 30.9. The van der Waals surface area contributed by atoms with E-state index in [1.165, 1.54) is 135 Å². The Balaban J connectivity index is 4.09. The van der Waals surface area contributed by atoms with Crippen LogP contribution in [0.1, 0.15) is 213 Å². The number of rotatable bonds is 35. The van der Waals surface area contributed by atoms with Crippen molar-refractivity contribution in [2.45, 2.75) is 225 Å². The average Bonchev–Trinajstić information content (AvgIpc) is 3.03. The number of hydrogen-bond donors (Lipinski definition) is 3. The number of ketones is 1. The summed E-state index contributed by atoms with van der Waals surface area (Å²) in [7, 11) is 0. The van der Waals surface area contributed by atoms with Gasteiger partial charge in [-0.05, 0) is 71.1 Å². The third-order valence-corrected chi connectivity index (χ3v) is 9.79. The lowest BCUT2D eigenvalue weighted by atomic mass is 9.74. The second-order valence-corrected chi connectivity index (χ2v) is 14.0. The van der Waals surface area contributed by atoms with Gasteiger partial charge in [-0.3, -0.25) is 4.79 Å². The van der Waals surface area contributed by atoms with E-state index in [2.05, 4.69) is 38.2 Å². The van der Waals surface area contributed by atoms with E-state index in [1.807, 2.05) is 0 Å². The molecule has 0 rings (SSSR count). The summed E-state index contributed by atoms with van der Waals surface area (Å²) in [6, 6.07) is 0. The van der Waals surface area contributed by atoms with Crippen molar-refractivity contribution in [1.82, 2.24) is 0 Å². The van der Waals surface area contributed by atoms with Gasteiger partial charge in [0.2, 0.25) is 0 Å². The zero-order valence-corrected chi connectivity index (χ0v) is 30.5. The third-order valence-electron chi connectivity index (χ3n) is 9.79. The van der Waals surface area contributed by atoms with Crippen LogP contribution in [0.15, 0.2) is 24.3 Å². The second kappa shape index (κ2) is 31.6. The van der Waals surface area contributed by atoms with E-state index in [0.717, 1.165) is 51.4 Å². The van der Waals surface area contributed by atoms with Gasteiger partial charge in [0.25, 0.3) is 0 Å². The lowest BCUT2D eigenvalue weighted by molar-refractivity contribution is -0.188. The zero-order valence-electron chi connectivity index (χ0n) is 30.5. The highest BCUT2D eigenvalue weighted by atomic mass is 16.4. The van der Waals surface area contributed by atoms with E-state index in [-0.39, 0.29) is 0 Å². The van der Waals surface area contributed by atoms with E-state index < -0.39 is 23.6 Å². The first kappa shape index (κ1) is 44.0. The molecule has 0 aliphatic heterocycles. The minimum absolute atomic E-state index is 0.357. The number of carbonyl (C=O) groups excluding carboxylic acids is 1. The minimum atomic E-state index is -2.07. The number of unbranched alkanes of at least 4 members (excludes halogenated alkanes) is 24. The van der Waals surface area contributed by atoms with Crippen LogP contribution in [0.5, 0.6) is 0 Å². The second-order valence-electron chi connectivity index (χ2n) is 14.0. The van der Waals surface area contributed by atoms with E-state index in [0.29, 0.717) is 12.8 Å². The van der Waals surface area contributed by atoms with Crippen molar-refractivity contribution in [1.29, 1.82) is 0 Å². The molecule has 0 aliphatic rings. The first-order chi connectivity index (χ1) is 21.9. The quantitative estimate of drug-likeness (QED) is 0.0479. The number of Topliss-reactive ketones (excluding diaryl/α,β-unsaturated/α-hetero) is 1. The molecule has 45 heavy (non-hydrogen) atoms. The maximum absolute atomic E-state index is 12.3. The van der Waals surface area contributed by atoms with Crippen LogP contribution >= 0.6 is 0 Å². The summed E-state index contributed by atoms with van der Waals surface area (Å²) in [6.45, 7) is 5.08. The molecule has 0 aliphatic carbocycles. The van der Waals surface area contributed by atoms with Gasteiger partial charge in [-0.1, -0.05) is 167 Å². The number of hydrogen-bond acceptors (Lipinski definition) is 4. The Morgan fingerprint density at radius 3 is 1.00 bits per heavy atom. The fraction of sp³-hybridized carbons (Fsp3) is 0.878. The Bertz CT molecular complexity index is 658. The van der Waals surface area contributed by atoms with Gasteiger partial charge in [-0.2, -0.15) is 0 Å². The Labute approximate surface area is 281 Å². The lowest BCUT2D eigenvalue weighted by Crippen LogP contribution is -2.61. The molecule has 0 bridgehead atoms. The van der Waals surface area contributed by atoms with Gasteiger partial charge in [0, 0.05) is 0 Å². The largest absolute Gasteiger partial charge is 0.393 e. The van der Waals surface area contributed by atoms with Crippen LogP contribution in [0.2, 0.25) is 0 Å². The summed E-state index contributed by atoms with van der Waals surface area (Å²) in [5.74, 6) is -0.540. The lowest BCUT2D eigenvalue weighted by Gasteiger charge is -2.41. The zero-order chi connectivity index (χ0) is 33.3. The monoisotopic (exact) mass is 635 g/mol. The molecular weight excluding hydrogens is 556 g/mol. The van der Waals surface area contributed by atoms with Crippen molar-refractivity contribution in [2.24, 2.45) is 0 Å². The maximum atomic E-state index is 12.3. The molecule has 0 aromatic heterocycles. The van der Waals surface area contributed by atoms with Crippen LogP contribution < -0.4 is 0 Å². The molecule has 1 unspecified atom stereocenters. The third kappa shape index (κ3) is 23.9. The predicted octanol–water partition coefficient (Wildman–Crippen LogP) is 11.9. The smallest absolute Gasteiger partial charge is 0.174 e. The molecule has 266 valence electrons. The average molecular weight is 635 g/mol. The molecule has 4 nitrogen and oxygen atoms in total. The van der Waals surface area contributed by atoms with Crippen LogP contribution in [0.4, 0.5) is 0 Å². The van der Waals surface area contributed by atoms with Crippen molar-refractivity contribution < 1.29 is 20.1 Å². The van der Waals surface area contributed by atoms with Crippen LogP contribution in [0, 0.1) is 0 Å². The molecule has 0 heterocycles. The highest BCUT2D eigenvalue weighted by Crippen LogP contribution is 2.34. The summed E-state index contributed by atoms with van der Waals surface area (Å²) in [5.41, 5.74) is -3.63. The Morgan fingerprint density at radius 2 is 0.733 bits per heavy atom. The van der Waals surface area contributed by atoms with Gasteiger partial charge in [-0.25, -0.2) is 0 Å². The minimum Gasteiger partial charge on any atom is -0.393 e. The summed E-state index contributed by atoms with van der Waals surface area (Å²) in [6.07, 6.45) is 44.0. The number of allylic oxidation sites excluding steroid dienone is 4. The van der Waals surface area contributed by atoms with Crippen molar-refractivity contribution in [3.63, 3.8) is 0 Å².